The monoisotopic (exact) mass is 220 g/mol. The van der Waals surface area contributed by atoms with E-state index in [4.69, 9.17) is 0 Å². The molecule has 90 valence electrons. The molecule has 0 amide bonds. The SMILES string of the molecule is CCN(c1ccc(C(C)NC)cc1)C(C)C. The molecular weight excluding hydrogens is 196 g/mol. The van der Waals surface area contributed by atoms with E-state index in [9.17, 15) is 0 Å². The van der Waals surface area contributed by atoms with Gasteiger partial charge in [-0.05, 0) is 52.4 Å². The Morgan fingerprint density at radius 2 is 1.69 bits per heavy atom. The fourth-order valence-electron chi connectivity index (χ4n) is 1.97. The minimum Gasteiger partial charge on any atom is -0.369 e. The van der Waals surface area contributed by atoms with Crippen molar-refractivity contribution in [1.29, 1.82) is 0 Å². The van der Waals surface area contributed by atoms with Crippen LogP contribution in [0.25, 0.3) is 0 Å². The molecule has 1 aromatic rings. The molecule has 1 rings (SSSR count). The third-order valence-electron chi connectivity index (χ3n) is 3.12. The molecule has 0 saturated carbocycles. The average Bonchev–Trinajstić information content (AvgIpc) is 2.29. The second kappa shape index (κ2) is 5.90. The quantitative estimate of drug-likeness (QED) is 0.819. The third kappa shape index (κ3) is 2.99. The number of rotatable bonds is 5. The van der Waals surface area contributed by atoms with Crippen molar-refractivity contribution in [2.24, 2.45) is 0 Å². The van der Waals surface area contributed by atoms with E-state index >= 15 is 0 Å². The van der Waals surface area contributed by atoms with Crippen molar-refractivity contribution in [3.63, 3.8) is 0 Å². The fraction of sp³-hybridized carbons (Fsp3) is 0.571. The van der Waals surface area contributed by atoms with Crippen LogP contribution < -0.4 is 10.2 Å². The van der Waals surface area contributed by atoms with Gasteiger partial charge in [-0.3, -0.25) is 0 Å². The van der Waals surface area contributed by atoms with E-state index in [1.54, 1.807) is 0 Å². The van der Waals surface area contributed by atoms with Gasteiger partial charge in [-0.25, -0.2) is 0 Å². The zero-order valence-electron chi connectivity index (χ0n) is 11.1. The lowest BCUT2D eigenvalue weighted by molar-refractivity contribution is 0.651. The summed E-state index contributed by atoms with van der Waals surface area (Å²) in [6.07, 6.45) is 0. The van der Waals surface area contributed by atoms with Crippen LogP contribution in [0.15, 0.2) is 24.3 Å². The van der Waals surface area contributed by atoms with Gasteiger partial charge in [0.15, 0.2) is 0 Å². The first-order valence-electron chi connectivity index (χ1n) is 6.14. The van der Waals surface area contributed by atoms with Crippen molar-refractivity contribution in [2.75, 3.05) is 18.5 Å². The smallest absolute Gasteiger partial charge is 0.0368 e. The van der Waals surface area contributed by atoms with E-state index in [1.807, 2.05) is 7.05 Å². The van der Waals surface area contributed by atoms with E-state index in [0.717, 1.165) is 6.54 Å². The Bertz CT molecular complexity index is 303. The Balaban J connectivity index is 2.85. The molecule has 0 fully saturated rings. The summed E-state index contributed by atoms with van der Waals surface area (Å²) in [5.74, 6) is 0. The second-order valence-corrected chi connectivity index (χ2v) is 4.48. The van der Waals surface area contributed by atoms with Gasteiger partial charge < -0.3 is 10.2 Å². The molecule has 0 radical (unpaired) electrons. The largest absolute Gasteiger partial charge is 0.369 e. The molecule has 0 saturated heterocycles. The van der Waals surface area contributed by atoms with Crippen LogP contribution in [0.4, 0.5) is 5.69 Å². The number of anilines is 1. The van der Waals surface area contributed by atoms with Crippen LogP contribution in [-0.2, 0) is 0 Å². The first-order valence-corrected chi connectivity index (χ1v) is 6.14. The van der Waals surface area contributed by atoms with Crippen molar-refractivity contribution in [3.05, 3.63) is 29.8 Å². The summed E-state index contributed by atoms with van der Waals surface area (Å²) < 4.78 is 0. The average molecular weight is 220 g/mol. The predicted octanol–water partition coefficient (Wildman–Crippen LogP) is 3.20. The van der Waals surface area contributed by atoms with E-state index in [1.165, 1.54) is 11.3 Å². The van der Waals surface area contributed by atoms with Crippen molar-refractivity contribution in [2.45, 2.75) is 39.8 Å². The van der Waals surface area contributed by atoms with Crippen LogP contribution in [0.2, 0.25) is 0 Å². The molecule has 1 aromatic carbocycles. The Morgan fingerprint density at radius 1 is 1.12 bits per heavy atom. The van der Waals surface area contributed by atoms with E-state index in [0.29, 0.717) is 12.1 Å². The maximum absolute atomic E-state index is 3.25. The lowest BCUT2D eigenvalue weighted by Gasteiger charge is -2.27. The summed E-state index contributed by atoms with van der Waals surface area (Å²) in [7, 11) is 1.99. The number of hydrogen-bond donors (Lipinski definition) is 1. The summed E-state index contributed by atoms with van der Waals surface area (Å²) in [5, 5.41) is 3.25. The molecule has 1 unspecified atom stereocenters. The van der Waals surface area contributed by atoms with Crippen LogP contribution in [-0.4, -0.2) is 19.6 Å². The Labute approximate surface area is 99.7 Å². The fourth-order valence-corrected chi connectivity index (χ4v) is 1.97. The summed E-state index contributed by atoms with van der Waals surface area (Å²) in [6, 6.07) is 9.82. The van der Waals surface area contributed by atoms with Gasteiger partial charge in [-0.2, -0.15) is 0 Å². The maximum Gasteiger partial charge on any atom is 0.0368 e. The molecule has 1 atom stereocenters. The summed E-state index contributed by atoms with van der Waals surface area (Å²) in [4.78, 5) is 2.40. The van der Waals surface area contributed by atoms with Crippen LogP contribution in [0.5, 0.6) is 0 Å². The van der Waals surface area contributed by atoms with Gasteiger partial charge in [0, 0.05) is 24.3 Å². The highest BCUT2D eigenvalue weighted by Crippen LogP contribution is 2.20. The lowest BCUT2D eigenvalue weighted by atomic mass is 10.1. The molecule has 16 heavy (non-hydrogen) atoms. The van der Waals surface area contributed by atoms with Crippen molar-refractivity contribution in [3.8, 4) is 0 Å². The zero-order chi connectivity index (χ0) is 12.1. The number of hydrogen-bond acceptors (Lipinski definition) is 2. The lowest BCUT2D eigenvalue weighted by Crippen LogP contribution is -2.30. The van der Waals surface area contributed by atoms with Crippen LogP contribution in [0.1, 0.15) is 39.3 Å². The van der Waals surface area contributed by atoms with Crippen molar-refractivity contribution < 1.29 is 0 Å². The first kappa shape index (κ1) is 13.0. The van der Waals surface area contributed by atoms with E-state index < -0.39 is 0 Å². The van der Waals surface area contributed by atoms with Crippen LogP contribution in [0.3, 0.4) is 0 Å². The molecule has 2 nitrogen and oxygen atoms in total. The van der Waals surface area contributed by atoms with Gasteiger partial charge in [0.05, 0.1) is 0 Å². The molecule has 0 aliphatic heterocycles. The molecule has 0 heterocycles. The zero-order valence-corrected chi connectivity index (χ0v) is 11.1. The van der Waals surface area contributed by atoms with Gasteiger partial charge in [0.1, 0.15) is 0 Å². The third-order valence-corrected chi connectivity index (χ3v) is 3.12. The van der Waals surface area contributed by atoms with Gasteiger partial charge in [-0.15, -0.1) is 0 Å². The summed E-state index contributed by atoms with van der Waals surface area (Å²) in [6.45, 7) is 9.89. The van der Waals surface area contributed by atoms with Crippen LogP contribution >= 0.6 is 0 Å². The maximum atomic E-state index is 3.25. The number of benzene rings is 1. The first-order chi connectivity index (χ1) is 7.60. The molecule has 0 aliphatic carbocycles. The second-order valence-electron chi connectivity index (χ2n) is 4.48. The van der Waals surface area contributed by atoms with Crippen LogP contribution in [0, 0.1) is 0 Å². The van der Waals surface area contributed by atoms with Gasteiger partial charge in [0.25, 0.3) is 0 Å². The van der Waals surface area contributed by atoms with Crippen molar-refractivity contribution >= 4 is 5.69 Å². The van der Waals surface area contributed by atoms with Crippen molar-refractivity contribution in [1.82, 2.24) is 5.32 Å². The minimum atomic E-state index is 0.420. The summed E-state index contributed by atoms with van der Waals surface area (Å²) >= 11 is 0. The standard InChI is InChI=1S/C14H24N2/c1-6-16(11(2)3)14-9-7-13(8-10-14)12(4)15-5/h7-12,15H,6H2,1-5H3. The molecule has 0 aromatic heterocycles. The predicted molar refractivity (Wildman–Crippen MR) is 72.1 cm³/mol. The Morgan fingerprint density at radius 3 is 2.06 bits per heavy atom. The van der Waals surface area contributed by atoms with Gasteiger partial charge in [-0.1, -0.05) is 12.1 Å². The molecule has 1 N–H and O–H groups in total. The Kier molecular flexibility index (Phi) is 4.81. The highest BCUT2D eigenvalue weighted by molar-refractivity contribution is 5.48. The highest BCUT2D eigenvalue weighted by Gasteiger charge is 2.08. The highest BCUT2D eigenvalue weighted by atomic mass is 15.1. The van der Waals surface area contributed by atoms with E-state index in [-0.39, 0.29) is 0 Å². The molecule has 0 spiro atoms. The minimum absolute atomic E-state index is 0.420. The van der Waals surface area contributed by atoms with Gasteiger partial charge in [0.2, 0.25) is 0 Å². The van der Waals surface area contributed by atoms with E-state index in [2.05, 4.69) is 62.2 Å². The topological polar surface area (TPSA) is 15.3 Å². The molecule has 0 aliphatic rings. The molecule has 2 heteroatoms. The normalized spacial score (nSPS) is 12.9. The Hall–Kier alpha value is -1.02. The molecular formula is C14H24N2. The summed E-state index contributed by atoms with van der Waals surface area (Å²) in [5.41, 5.74) is 2.65. The van der Waals surface area contributed by atoms with Gasteiger partial charge >= 0.3 is 0 Å². The number of nitrogens with one attached hydrogen (secondary N) is 1. The molecule has 0 bridgehead atoms. The number of nitrogens with zero attached hydrogens (tertiary/aromatic N) is 1.